The number of allylic oxidation sites excluding steroid dienone is 1. The van der Waals surface area contributed by atoms with Crippen molar-refractivity contribution in [3.8, 4) is 0 Å². The number of esters is 2. The molecule has 1 N–H and O–H groups in total. The molecular formula is C24H26N2O6. The Kier molecular flexibility index (Phi) is 7.59. The van der Waals surface area contributed by atoms with Crippen LogP contribution >= 0.6 is 0 Å². The van der Waals surface area contributed by atoms with Crippen molar-refractivity contribution in [3.05, 3.63) is 87.1 Å². The van der Waals surface area contributed by atoms with Gasteiger partial charge >= 0.3 is 11.9 Å². The van der Waals surface area contributed by atoms with Gasteiger partial charge in [-0.25, -0.2) is 4.79 Å². The zero-order valence-electron chi connectivity index (χ0n) is 18.1. The lowest BCUT2D eigenvalue weighted by molar-refractivity contribution is -0.384. The van der Waals surface area contributed by atoms with E-state index in [1.807, 2.05) is 30.3 Å². The number of hydrogen-bond acceptors (Lipinski definition) is 7. The lowest BCUT2D eigenvalue weighted by atomic mass is 9.77. The minimum absolute atomic E-state index is 0.0153. The van der Waals surface area contributed by atoms with E-state index in [9.17, 15) is 19.7 Å². The van der Waals surface area contributed by atoms with Crippen LogP contribution in [0.1, 0.15) is 30.9 Å². The molecule has 0 bridgehead atoms. The first-order chi connectivity index (χ1) is 15.5. The predicted molar refractivity (Wildman–Crippen MR) is 118 cm³/mol. The fraction of sp³-hybridized carbons (Fsp3) is 0.333. The van der Waals surface area contributed by atoms with E-state index in [0.717, 1.165) is 11.1 Å². The van der Waals surface area contributed by atoms with Crippen LogP contribution in [0, 0.1) is 16.0 Å². The average Bonchev–Trinajstić information content (AvgIpc) is 2.80. The highest BCUT2D eigenvalue weighted by Crippen LogP contribution is 2.37. The van der Waals surface area contributed by atoms with Crippen LogP contribution in [0.3, 0.4) is 0 Å². The van der Waals surface area contributed by atoms with Gasteiger partial charge in [0, 0.05) is 36.7 Å². The summed E-state index contributed by atoms with van der Waals surface area (Å²) in [6.45, 7) is 4.22. The van der Waals surface area contributed by atoms with Crippen molar-refractivity contribution in [3.63, 3.8) is 0 Å². The fourth-order valence-electron chi connectivity index (χ4n) is 3.92. The summed E-state index contributed by atoms with van der Waals surface area (Å²) in [5, 5.41) is 14.2. The van der Waals surface area contributed by atoms with Gasteiger partial charge in [0.05, 0.1) is 29.6 Å². The van der Waals surface area contributed by atoms with Crippen molar-refractivity contribution < 1.29 is 24.0 Å². The molecule has 0 saturated carbocycles. The molecule has 3 rings (SSSR count). The highest BCUT2D eigenvalue weighted by atomic mass is 16.6. The van der Waals surface area contributed by atoms with Gasteiger partial charge in [-0.1, -0.05) is 42.5 Å². The van der Waals surface area contributed by atoms with Crippen LogP contribution in [0.15, 0.2) is 65.9 Å². The lowest BCUT2D eigenvalue weighted by Crippen LogP contribution is -2.42. The molecule has 168 valence electrons. The van der Waals surface area contributed by atoms with E-state index in [4.69, 9.17) is 9.47 Å². The molecule has 8 nitrogen and oxygen atoms in total. The van der Waals surface area contributed by atoms with Crippen LogP contribution in [0.5, 0.6) is 0 Å². The topological polar surface area (TPSA) is 108 Å². The number of non-ortho nitro benzene ring substituents is 1. The summed E-state index contributed by atoms with van der Waals surface area (Å²) in [7, 11) is 0. The van der Waals surface area contributed by atoms with Crippen molar-refractivity contribution in [2.24, 2.45) is 5.92 Å². The maximum absolute atomic E-state index is 13.1. The number of nitrogens with one attached hydrogen (secondary N) is 1. The van der Waals surface area contributed by atoms with Gasteiger partial charge in [-0.05, 0) is 25.0 Å². The molecule has 0 spiro atoms. The summed E-state index contributed by atoms with van der Waals surface area (Å²) in [4.78, 5) is 36.5. The van der Waals surface area contributed by atoms with Crippen molar-refractivity contribution in [1.29, 1.82) is 0 Å². The summed E-state index contributed by atoms with van der Waals surface area (Å²) in [6.07, 6.45) is 0.295. The van der Waals surface area contributed by atoms with Crippen LogP contribution in [-0.2, 0) is 25.5 Å². The Morgan fingerprint density at radius 3 is 2.28 bits per heavy atom. The van der Waals surface area contributed by atoms with E-state index >= 15 is 0 Å². The van der Waals surface area contributed by atoms with Crippen molar-refractivity contribution in [1.82, 2.24) is 5.32 Å². The van der Waals surface area contributed by atoms with E-state index in [1.54, 1.807) is 26.0 Å². The van der Waals surface area contributed by atoms with Crippen LogP contribution in [0.2, 0.25) is 0 Å². The molecule has 0 saturated heterocycles. The van der Waals surface area contributed by atoms with Crippen LogP contribution in [-0.4, -0.2) is 36.6 Å². The van der Waals surface area contributed by atoms with Crippen LogP contribution in [0.4, 0.5) is 5.69 Å². The monoisotopic (exact) mass is 438 g/mol. The first kappa shape index (κ1) is 23.0. The summed E-state index contributed by atoms with van der Waals surface area (Å²) in [6, 6.07) is 15.6. The molecule has 1 aliphatic heterocycles. The molecule has 0 aromatic heterocycles. The molecule has 0 radical (unpaired) electrons. The quantitative estimate of drug-likeness (QED) is 0.382. The number of benzene rings is 2. The third-order valence-electron chi connectivity index (χ3n) is 5.37. The molecule has 0 fully saturated rings. The number of rotatable bonds is 8. The molecule has 2 aromatic rings. The summed E-state index contributed by atoms with van der Waals surface area (Å²) < 4.78 is 10.7. The summed E-state index contributed by atoms with van der Waals surface area (Å²) in [5.41, 5.74) is 2.46. The number of hydrogen-bond donors (Lipinski definition) is 1. The van der Waals surface area contributed by atoms with Gasteiger partial charge in [0.2, 0.25) is 0 Å². The second-order valence-corrected chi connectivity index (χ2v) is 7.34. The summed E-state index contributed by atoms with van der Waals surface area (Å²) >= 11 is 0. The Balaban J connectivity index is 2.05. The fourth-order valence-corrected chi connectivity index (χ4v) is 3.92. The van der Waals surface area contributed by atoms with Crippen molar-refractivity contribution in [2.45, 2.75) is 26.2 Å². The first-order valence-electron chi connectivity index (χ1n) is 10.5. The minimum Gasteiger partial charge on any atom is -0.465 e. The number of nitro groups is 1. The maximum Gasteiger partial charge on any atom is 0.336 e. The van der Waals surface area contributed by atoms with E-state index in [0.29, 0.717) is 18.7 Å². The number of carbonyl (C=O) groups is 2. The molecule has 1 heterocycles. The van der Waals surface area contributed by atoms with Gasteiger partial charge in [-0.3, -0.25) is 14.9 Å². The van der Waals surface area contributed by atoms with Gasteiger partial charge in [-0.15, -0.1) is 0 Å². The van der Waals surface area contributed by atoms with E-state index < -0.39 is 22.8 Å². The average molecular weight is 438 g/mol. The van der Waals surface area contributed by atoms with Crippen LogP contribution in [0.25, 0.3) is 0 Å². The number of carbonyl (C=O) groups excluding carboxylic acids is 2. The van der Waals surface area contributed by atoms with Gasteiger partial charge < -0.3 is 14.8 Å². The van der Waals surface area contributed by atoms with Crippen molar-refractivity contribution >= 4 is 17.6 Å². The highest BCUT2D eigenvalue weighted by molar-refractivity contribution is 5.97. The first-order valence-corrected chi connectivity index (χ1v) is 10.5. The number of ether oxygens (including phenoxy) is 2. The van der Waals surface area contributed by atoms with Gasteiger partial charge in [-0.2, -0.15) is 0 Å². The lowest BCUT2D eigenvalue weighted by Gasteiger charge is -2.34. The van der Waals surface area contributed by atoms with E-state index in [2.05, 4.69) is 5.32 Å². The van der Waals surface area contributed by atoms with Gasteiger partial charge in [0.25, 0.3) is 5.69 Å². The summed E-state index contributed by atoms with van der Waals surface area (Å²) in [5.74, 6) is -2.19. The predicted octanol–water partition coefficient (Wildman–Crippen LogP) is 3.52. The largest absolute Gasteiger partial charge is 0.465 e. The normalized spacial score (nSPS) is 17.9. The molecule has 32 heavy (non-hydrogen) atoms. The zero-order valence-corrected chi connectivity index (χ0v) is 18.1. The Morgan fingerprint density at radius 2 is 1.69 bits per heavy atom. The van der Waals surface area contributed by atoms with Crippen LogP contribution < -0.4 is 5.32 Å². The third-order valence-corrected chi connectivity index (χ3v) is 5.37. The van der Waals surface area contributed by atoms with Gasteiger partial charge in [0.15, 0.2) is 0 Å². The molecule has 2 unspecified atom stereocenters. The van der Waals surface area contributed by atoms with E-state index in [1.165, 1.54) is 12.1 Å². The molecule has 1 aliphatic rings. The van der Waals surface area contributed by atoms with E-state index in [-0.39, 0.29) is 30.4 Å². The SMILES string of the molecule is CCOC(=O)C1=C(Cc2ccc([N+](=O)[O-])cc2)NCC(c2ccccc2)C1C(=O)OCC. The molecule has 0 amide bonds. The minimum atomic E-state index is -0.828. The third kappa shape index (κ3) is 5.14. The Bertz CT molecular complexity index is 1000. The standard InChI is InChI=1S/C24H26N2O6/c1-3-31-23(27)21-19(17-8-6-5-7-9-17)15-25-20(22(21)24(28)32-4-2)14-16-10-12-18(13-11-16)26(29)30/h5-13,19,21,25H,3-4,14-15H2,1-2H3. The Labute approximate surface area is 186 Å². The molecule has 2 aromatic carbocycles. The second kappa shape index (κ2) is 10.6. The Hall–Kier alpha value is -3.68. The zero-order chi connectivity index (χ0) is 23.1. The molecular weight excluding hydrogens is 412 g/mol. The molecule has 2 atom stereocenters. The maximum atomic E-state index is 13.1. The Morgan fingerprint density at radius 1 is 1.03 bits per heavy atom. The van der Waals surface area contributed by atoms with Gasteiger partial charge in [0.1, 0.15) is 0 Å². The highest BCUT2D eigenvalue weighted by Gasteiger charge is 2.42. The number of nitro benzene ring substituents is 1. The second-order valence-electron chi connectivity index (χ2n) is 7.34. The van der Waals surface area contributed by atoms with Crippen molar-refractivity contribution in [2.75, 3.05) is 19.8 Å². The smallest absolute Gasteiger partial charge is 0.336 e. The number of nitrogens with zero attached hydrogens (tertiary/aromatic N) is 1. The molecule has 8 heteroatoms. The molecule has 0 aliphatic carbocycles.